The highest BCUT2D eigenvalue weighted by molar-refractivity contribution is 7.89. The van der Waals surface area contributed by atoms with Crippen LogP contribution in [0.15, 0.2) is 40.9 Å². The molecule has 4 rings (SSSR count). The van der Waals surface area contributed by atoms with Crippen molar-refractivity contribution in [3.63, 3.8) is 0 Å². The average molecular weight is 472 g/mol. The molecule has 1 aliphatic rings. The number of hydrogen-bond acceptors (Lipinski definition) is 9. The lowest BCUT2D eigenvalue weighted by molar-refractivity contribution is 0.100. The first-order chi connectivity index (χ1) is 15.3. The molecule has 166 valence electrons. The maximum atomic E-state index is 13.0. The van der Waals surface area contributed by atoms with Gasteiger partial charge in [-0.1, -0.05) is 35.5 Å². The van der Waals surface area contributed by atoms with Crippen LogP contribution in [0.2, 0.25) is 0 Å². The molecule has 0 radical (unpaired) electrons. The molecule has 11 heteroatoms. The van der Waals surface area contributed by atoms with Crippen molar-refractivity contribution in [1.82, 2.24) is 9.46 Å². The summed E-state index contributed by atoms with van der Waals surface area (Å²) in [6.45, 7) is 2.31. The van der Waals surface area contributed by atoms with Crippen LogP contribution in [0.1, 0.15) is 34.3 Å². The average Bonchev–Trinajstić information content (AvgIpc) is 3.53. The van der Waals surface area contributed by atoms with Crippen molar-refractivity contribution in [2.75, 3.05) is 29.9 Å². The Labute approximate surface area is 189 Å². The van der Waals surface area contributed by atoms with Crippen LogP contribution in [0.4, 0.5) is 10.7 Å². The zero-order valence-corrected chi connectivity index (χ0v) is 18.9. The number of ketones is 1. The van der Waals surface area contributed by atoms with Gasteiger partial charge < -0.3 is 15.6 Å². The smallest absolute Gasteiger partial charge is 0.243 e. The van der Waals surface area contributed by atoms with Gasteiger partial charge in [-0.15, -0.1) is 11.3 Å². The van der Waals surface area contributed by atoms with Gasteiger partial charge in [0.2, 0.25) is 21.6 Å². The number of nitrogen functional groups attached to an aromatic ring is 1. The van der Waals surface area contributed by atoms with E-state index in [1.54, 1.807) is 13.0 Å². The Morgan fingerprint density at radius 1 is 1.41 bits per heavy atom. The second-order valence-electron chi connectivity index (χ2n) is 7.32. The highest BCUT2D eigenvalue weighted by Gasteiger charge is 2.32. The molecule has 1 aromatic carbocycles. The lowest BCUT2D eigenvalue weighted by Crippen LogP contribution is -2.32. The van der Waals surface area contributed by atoms with Crippen LogP contribution in [-0.4, -0.2) is 48.5 Å². The van der Waals surface area contributed by atoms with Crippen molar-refractivity contribution in [2.45, 2.75) is 19.4 Å². The predicted octanol–water partition coefficient (Wildman–Crippen LogP) is 2.92. The fourth-order valence-corrected chi connectivity index (χ4v) is 5.78. The normalized spacial score (nSPS) is 16.7. The van der Waals surface area contributed by atoms with Crippen LogP contribution in [0.25, 0.3) is 11.3 Å². The predicted molar refractivity (Wildman–Crippen MR) is 122 cm³/mol. The number of rotatable bonds is 7. The number of nitriles is 1. The molecule has 0 saturated carbocycles. The molecule has 1 saturated heterocycles. The molecule has 0 aliphatic carbocycles. The molecule has 1 atom stereocenters. The Balaban J connectivity index is 1.56. The summed E-state index contributed by atoms with van der Waals surface area (Å²) in [5.74, 6) is -0.405. The molecule has 3 heterocycles. The third-order valence-corrected chi connectivity index (χ3v) is 8.29. The van der Waals surface area contributed by atoms with Crippen molar-refractivity contribution in [1.29, 1.82) is 5.26 Å². The number of nitrogens with two attached hydrogens (primary N) is 1. The van der Waals surface area contributed by atoms with E-state index in [1.165, 1.54) is 4.31 Å². The first-order valence-corrected chi connectivity index (χ1v) is 12.4. The second-order valence-corrected chi connectivity index (χ2v) is 10.6. The molecule has 2 aromatic heterocycles. The molecule has 32 heavy (non-hydrogen) atoms. The van der Waals surface area contributed by atoms with Crippen molar-refractivity contribution < 1.29 is 17.7 Å². The Kier molecular flexibility index (Phi) is 6.01. The van der Waals surface area contributed by atoms with Crippen LogP contribution < -0.4 is 11.1 Å². The van der Waals surface area contributed by atoms with Gasteiger partial charge in [-0.2, -0.15) is 9.57 Å². The maximum absolute atomic E-state index is 13.0. The number of benzene rings is 1. The maximum Gasteiger partial charge on any atom is 0.243 e. The lowest BCUT2D eigenvalue weighted by atomic mass is 10.1. The van der Waals surface area contributed by atoms with Gasteiger partial charge in [0.25, 0.3) is 0 Å². The van der Waals surface area contributed by atoms with E-state index < -0.39 is 15.8 Å². The summed E-state index contributed by atoms with van der Waals surface area (Å²) in [6, 6.07) is 12.7. The minimum atomic E-state index is -3.28. The number of nitrogens with zero attached hydrogens (tertiary/aromatic N) is 3. The van der Waals surface area contributed by atoms with E-state index in [2.05, 4.69) is 10.5 Å². The summed E-state index contributed by atoms with van der Waals surface area (Å²) < 4.78 is 30.9. The van der Waals surface area contributed by atoms with Gasteiger partial charge in [0, 0.05) is 30.8 Å². The summed E-state index contributed by atoms with van der Waals surface area (Å²) in [6.07, 6.45) is 0.591. The third kappa shape index (κ3) is 4.12. The fraction of sp³-hybridized carbons (Fsp3) is 0.286. The molecule has 0 spiro atoms. The van der Waals surface area contributed by atoms with Gasteiger partial charge in [-0.25, -0.2) is 8.42 Å². The Morgan fingerprint density at radius 2 is 2.16 bits per heavy atom. The number of hydrogen-bond donors (Lipinski definition) is 2. The van der Waals surface area contributed by atoms with E-state index >= 15 is 0 Å². The first-order valence-electron chi connectivity index (χ1n) is 9.97. The summed E-state index contributed by atoms with van der Waals surface area (Å²) in [4.78, 5) is 13.2. The van der Waals surface area contributed by atoms with Gasteiger partial charge in [0.05, 0.1) is 11.4 Å². The zero-order valence-electron chi connectivity index (χ0n) is 17.2. The molecular weight excluding hydrogens is 450 g/mol. The summed E-state index contributed by atoms with van der Waals surface area (Å²) in [5.41, 5.74) is 7.68. The largest absolute Gasteiger partial charge is 0.396 e. The quantitative estimate of drug-likeness (QED) is 0.501. The van der Waals surface area contributed by atoms with Crippen LogP contribution in [-0.2, 0) is 10.0 Å². The van der Waals surface area contributed by atoms with E-state index in [9.17, 15) is 18.5 Å². The SMILES string of the molecule is CCS(=O)(=O)N1CCC(Nc2sc(C(=O)c3cc(-c4ccccc4)no3)c(N)c2C#N)C1. The van der Waals surface area contributed by atoms with Gasteiger partial charge in [0.15, 0.2) is 0 Å². The van der Waals surface area contributed by atoms with E-state index in [4.69, 9.17) is 10.3 Å². The standard InChI is InChI=1S/C21H21N5O4S2/c1-2-32(28,29)26-9-8-14(12-26)24-21-15(11-22)18(23)20(31-21)19(27)17-10-16(25-30-17)13-6-4-3-5-7-13/h3-7,10,14,24H,2,8-9,12,23H2,1H3. The molecular formula is C21H21N5O4S2. The molecule has 9 nitrogen and oxygen atoms in total. The van der Waals surface area contributed by atoms with Gasteiger partial charge >= 0.3 is 0 Å². The van der Waals surface area contributed by atoms with Crippen molar-refractivity contribution in [3.05, 3.63) is 52.6 Å². The third-order valence-electron chi connectivity index (χ3n) is 5.31. The van der Waals surface area contributed by atoms with E-state index in [1.807, 2.05) is 36.4 Å². The Bertz CT molecular complexity index is 1290. The van der Waals surface area contributed by atoms with Gasteiger partial charge in [-0.3, -0.25) is 4.79 Å². The molecule has 3 aromatic rings. The van der Waals surface area contributed by atoms with E-state index in [0.717, 1.165) is 16.9 Å². The molecule has 0 amide bonds. The first kappa shape index (κ1) is 22.0. The topological polar surface area (TPSA) is 142 Å². The van der Waals surface area contributed by atoms with Crippen LogP contribution in [0, 0.1) is 11.3 Å². The minimum absolute atomic E-state index is 0.0222. The number of thiophene rings is 1. The monoisotopic (exact) mass is 471 g/mol. The zero-order chi connectivity index (χ0) is 22.9. The molecule has 1 aliphatic heterocycles. The van der Waals surface area contributed by atoms with Crippen molar-refractivity contribution in [3.8, 4) is 17.3 Å². The van der Waals surface area contributed by atoms with E-state index in [0.29, 0.717) is 30.2 Å². The molecule has 1 fully saturated rings. The van der Waals surface area contributed by atoms with Crippen molar-refractivity contribution in [2.24, 2.45) is 0 Å². The Morgan fingerprint density at radius 3 is 2.84 bits per heavy atom. The number of carbonyl (C=O) groups excluding carboxylic acids is 1. The number of aromatic nitrogens is 1. The second kappa shape index (κ2) is 8.74. The number of anilines is 2. The molecule has 0 bridgehead atoms. The molecule has 3 N–H and O–H groups in total. The highest BCUT2D eigenvalue weighted by atomic mass is 32.2. The lowest BCUT2D eigenvalue weighted by Gasteiger charge is -2.16. The highest BCUT2D eigenvalue weighted by Crippen LogP contribution is 2.38. The van der Waals surface area contributed by atoms with Crippen LogP contribution >= 0.6 is 11.3 Å². The summed E-state index contributed by atoms with van der Waals surface area (Å²) >= 11 is 1.06. The number of nitrogens with one attached hydrogen (secondary N) is 1. The van der Waals surface area contributed by atoms with Crippen LogP contribution in [0.3, 0.4) is 0 Å². The van der Waals surface area contributed by atoms with Gasteiger partial charge in [-0.05, 0) is 13.3 Å². The fourth-order valence-electron chi connectivity index (χ4n) is 3.53. The number of carbonyl (C=O) groups is 1. The van der Waals surface area contributed by atoms with E-state index in [-0.39, 0.29) is 33.7 Å². The Hall–Kier alpha value is -3.20. The van der Waals surface area contributed by atoms with Crippen molar-refractivity contribution >= 4 is 37.8 Å². The van der Waals surface area contributed by atoms with Crippen LogP contribution in [0.5, 0.6) is 0 Å². The summed E-state index contributed by atoms with van der Waals surface area (Å²) in [7, 11) is -3.28. The molecule has 1 unspecified atom stereocenters. The minimum Gasteiger partial charge on any atom is -0.396 e. The van der Waals surface area contributed by atoms with Gasteiger partial charge in [0.1, 0.15) is 27.2 Å². The summed E-state index contributed by atoms with van der Waals surface area (Å²) in [5, 5.41) is 17.2. The number of sulfonamides is 1.